The van der Waals surface area contributed by atoms with E-state index in [4.69, 9.17) is 4.74 Å². The molecule has 0 aliphatic carbocycles. The maximum absolute atomic E-state index is 13.5. The van der Waals surface area contributed by atoms with Crippen LogP contribution in [0.3, 0.4) is 0 Å². The van der Waals surface area contributed by atoms with Gasteiger partial charge in [0.2, 0.25) is 15.9 Å². The lowest BCUT2D eigenvalue weighted by Gasteiger charge is -2.34. The zero-order valence-electron chi connectivity index (χ0n) is 17.7. The van der Waals surface area contributed by atoms with Crippen molar-refractivity contribution in [1.29, 1.82) is 0 Å². The minimum absolute atomic E-state index is 0.0480. The largest absolute Gasteiger partial charge is 0.497 e. The average molecular weight is 453 g/mol. The second-order valence-corrected chi connectivity index (χ2v) is 9.59. The first-order chi connectivity index (χ1) is 14.6. The molecular weight excluding hydrogens is 426 g/mol. The maximum atomic E-state index is 13.5. The standard InChI is InChI=1S/C22H26F2N2O4S/c1-15(16-4-6-18(30-3)7-5-16)25(2)22(27)17-10-12-26(13-11-17)31(28,29)19-8-9-20(23)21(24)14-19/h4-9,14-15,17H,10-13H2,1-3H3. The molecule has 1 atom stereocenters. The molecule has 1 saturated heterocycles. The third-order valence-electron chi connectivity index (χ3n) is 5.86. The highest BCUT2D eigenvalue weighted by atomic mass is 32.2. The molecule has 0 spiro atoms. The molecule has 1 amide bonds. The highest BCUT2D eigenvalue weighted by Gasteiger charge is 2.34. The van der Waals surface area contributed by atoms with Gasteiger partial charge in [-0.3, -0.25) is 4.79 Å². The van der Waals surface area contributed by atoms with E-state index in [9.17, 15) is 22.0 Å². The van der Waals surface area contributed by atoms with E-state index in [0.717, 1.165) is 23.4 Å². The van der Waals surface area contributed by atoms with Crippen molar-refractivity contribution < 1.29 is 26.7 Å². The summed E-state index contributed by atoms with van der Waals surface area (Å²) in [5, 5.41) is 0. The normalized spacial score (nSPS) is 16.7. The predicted molar refractivity (Wildman–Crippen MR) is 112 cm³/mol. The number of sulfonamides is 1. The predicted octanol–water partition coefficient (Wildman–Crippen LogP) is 3.59. The first-order valence-electron chi connectivity index (χ1n) is 10.0. The smallest absolute Gasteiger partial charge is 0.243 e. The van der Waals surface area contributed by atoms with E-state index in [2.05, 4.69) is 0 Å². The molecule has 31 heavy (non-hydrogen) atoms. The van der Waals surface area contributed by atoms with Crippen LogP contribution in [-0.2, 0) is 14.8 Å². The summed E-state index contributed by atoms with van der Waals surface area (Å²) in [7, 11) is -0.618. The molecule has 6 nitrogen and oxygen atoms in total. The van der Waals surface area contributed by atoms with Crippen LogP contribution in [0.15, 0.2) is 47.4 Å². The summed E-state index contributed by atoms with van der Waals surface area (Å²) in [5.74, 6) is -1.92. The van der Waals surface area contributed by atoms with Crippen LogP contribution in [-0.4, -0.2) is 50.8 Å². The number of nitrogens with zero attached hydrogens (tertiary/aromatic N) is 2. The van der Waals surface area contributed by atoms with Crippen molar-refractivity contribution in [3.63, 3.8) is 0 Å². The number of rotatable bonds is 6. The summed E-state index contributed by atoms with van der Waals surface area (Å²) < 4.78 is 58.5. The minimum atomic E-state index is -3.95. The van der Waals surface area contributed by atoms with Crippen LogP contribution in [0.4, 0.5) is 8.78 Å². The third kappa shape index (κ3) is 4.88. The molecular formula is C22H26F2N2O4S. The van der Waals surface area contributed by atoms with Gasteiger partial charge in [-0.05, 0) is 55.7 Å². The van der Waals surface area contributed by atoms with Crippen molar-refractivity contribution in [3.8, 4) is 5.75 Å². The van der Waals surface area contributed by atoms with Gasteiger partial charge >= 0.3 is 0 Å². The number of benzene rings is 2. The van der Waals surface area contributed by atoms with Gasteiger partial charge in [-0.15, -0.1) is 0 Å². The third-order valence-corrected chi connectivity index (χ3v) is 7.75. The van der Waals surface area contributed by atoms with Gasteiger partial charge in [0.05, 0.1) is 18.0 Å². The molecule has 168 valence electrons. The molecule has 2 aromatic carbocycles. The number of hydrogen-bond donors (Lipinski definition) is 0. The molecule has 0 radical (unpaired) electrons. The van der Waals surface area contributed by atoms with E-state index in [1.54, 1.807) is 19.1 Å². The Morgan fingerprint density at radius 1 is 1.10 bits per heavy atom. The molecule has 1 fully saturated rings. The Labute approximate surface area is 181 Å². The van der Waals surface area contributed by atoms with Crippen LogP contribution in [0, 0.1) is 17.6 Å². The molecule has 2 aromatic rings. The quantitative estimate of drug-likeness (QED) is 0.672. The number of carbonyl (C=O) groups is 1. The summed E-state index contributed by atoms with van der Waals surface area (Å²) in [6.45, 7) is 2.22. The Morgan fingerprint density at radius 2 is 1.71 bits per heavy atom. The number of carbonyl (C=O) groups excluding carboxylic acids is 1. The zero-order chi connectivity index (χ0) is 22.8. The summed E-state index contributed by atoms with van der Waals surface area (Å²) in [6, 6.07) is 9.88. The fourth-order valence-corrected chi connectivity index (χ4v) is 5.20. The Hall–Kier alpha value is -2.52. The molecule has 1 aliphatic heterocycles. The topological polar surface area (TPSA) is 66.9 Å². The Bertz CT molecular complexity index is 1040. The van der Waals surface area contributed by atoms with Crippen LogP contribution < -0.4 is 4.74 Å². The van der Waals surface area contributed by atoms with Crippen molar-refractivity contribution in [1.82, 2.24) is 9.21 Å². The SMILES string of the molecule is COc1ccc(C(C)N(C)C(=O)C2CCN(S(=O)(=O)c3ccc(F)c(F)c3)CC2)cc1. The maximum Gasteiger partial charge on any atom is 0.243 e. The van der Waals surface area contributed by atoms with Gasteiger partial charge in [0.25, 0.3) is 0 Å². The fraction of sp³-hybridized carbons (Fsp3) is 0.409. The van der Waals surface area contributed by atoms with Gasteiger partial charge in [0.15, 0.2) is 11.6 Å². The van der Waals surface area contributed by atoms with Crippen molar-refractivity contribution in [2.75, 3.05) is 27.2 Å². The number of halogens is 2. The van der Waals surface area contributed by atoms with Crippen molar-refractivity contribution in [2.24, 2.45) is 5.92 Å². The van der Waals surface area contributed by atoms with E-state index in [-0.39, 0.29) is 35.9 Å². The van der Waals surface area contributed by atoms with Crippen molar-refractivity contribution >= 4 is 15.9 Å². The van der Waals surface area contributed by atoms with Gasteiger partial charge in [-0.1, -0.05) is 12.1 Å². The van der Waals surface area contributed by atoms with Crippen molar-refractivity contribution in [2.45, 2.75) is 30.7 Å². The number of ether oxygens (including phenoxy) is 1. The van der Waals surface area contributed by atoms with E-state index in [1.807, 2.05) is 31.2 Å². The summed E-state index contributed by atoms with van der Waals surface area (Å²) in [4.78, 5) is 14.4. The molecule has 1 heterocycles. The molecule has 3 rings (SSSR count). The Morgan fingerprint density at radius 3 is 2.26 bits per heavy atom. The number of amides is 1. The average Bonchev–Trinajstić information content (AvgIpc) is 2.79. The monoisotopic (exact) mass is 452 g/mol. The zero-order valence-corrected chi connectivity index (χ0v) is 18.5. The summed E-state index contributed by atoms with van der Waals surface area (Å²) in [6.07, 6.45) is 0.725. The molecule has 1 unspecified atom stereocenters. The lowest BCUT2D eigenvalue weighted by Crippen LogP contribution is -2.44. The van der Waals surface area contributed by atoms with Gasteiger partial charge < -0.3 is 9.64 Å². The lowest BCUT2D eigenvalue weighted by atomic mass is 9.95. The number of methoxy groups -OCH3 is 1. The molecule has 0 aromatic heterocycles. The molecule has 0 bridgehead atoms. The van der Waals surface area contributed by atoms with Gasteiger partial charge in [0.1, 0.15) is 5.75 Å². The Kier molecular flexibility index (Phi) is 6.96. The van der Waals surface area contributed by atoms with Gasteiger partial charge in [-0.2, -0.15) is 4.31 Å². The second-order valence-electron chi connectivity index (χ2n) is 7.65. The summed E-state index contributed by atoms with van der Waals surface area (Å²) >= 11 is 0. The van der Waals surface area contributed by atoms with Crippen LogP contribution >= 0.6 is 0 Å². The van der Waals surface area contributed by atoms with Crippen LogP contribution in [0.2, 0.25) is 0 Å². The molecule has 0 N–H and O–H groups in total. The fourth-order valence-electron chi connectivity index (χ4n) is 3.71. The van der Waals surface area contributed by atoms with E-state index < -0.39 is 21.7 Å². The van der Waals surface area contributed by atoms with Gasteiger partial charge in [0, 0.05) is 26.1 Å². The van der Waals surface area contributed by atoms with E-state index in [1.165, 1.54) is 4.31 Å². The summed E-state index contributed by atoms with van der Waals surface area (Å²) in [5.41, 5.74) is 0.968. The highest BCUT2D eigenvalue weighted by molar-refractivity contribution is 7.89. The molecule has 9 heteroatoms. The van der Waals surface area contributed by atoms with Crippen molar-refractivity contribution in [3.05, 3.63) is 59.7 Å². The van der Waals surface area contributed by atoms with Gasteiger partial charge in [-0.25, -0.2) is 17.2 Å². The van der Waals surface area contributed by atoms with E-state index >= 15 is 0 Å². The number of piperidine rings is 1. The van der Waals surface area contributed by atoms with Crippen LogP contribution in [0.5, 0.6) is 5.75 Å². The van der Waals surface area contributed by atoms with Crippen LogP contribution in [0.25, 0.3) is 0 Å². The number of hydrogen-bond acceptors (Lipinski definition) is 4. The first kappa shape index (κ1) is 23.1. The molecule has 1 aliphatic rings. The Balaban J connectivity index is 1.63. The second kappa shape index (κ2) is 9.32. The van der Waals surface area contributed by atoms with Crippen LogP contribution in [0.1, 0.15) is 31.4 Å². The minimum Gasteiger partial charge on any atom is -0.497 e. The first-order valence-corrected chi connectivity index (χ1v) is 11.4. The lowest BCUT2D eigenvalue weighted by molar-refractivity contribution is -0.137. The van der Waals surface area contributed by atoms with E-state index in [0.29, 0.717) is 18.9 Å². The molecule has 0 saturated carbocycles. The highest BCUT2D eigenvalue weighted by Crippen LogP contribution is 2.28.